The van der Waals surface area contributed by atoms with E-state index >= 15 is 0 Å². The van der Waals surface area contributed by atoms with Gasteiger partial charge in [-0.15, -0.1) is 0 Å². The second-order valence-electron chi connectivity index (χ2n) is 4.76. The van der Waals surface area contributed by atoms with E-state index in [1.807, 2.05) is 0 Å². The van der Waals surface area contributed by atoms with Gasteiger partial charge in [-0.05, 0) is 37.5 Å². The molecule has 2 rings (SSSR count). The van der Waals surface area contributed by atoms with Crippen molar-refractivity contribution in [2.75, 3.05) is 18.0 Å². The van der Waals surface area contributed by atoms with Gasteiger partial charge in [0.1, 0.15) is 0 Å². The lowest BCUT2D eigenvalue weighted by atomic mass is 10.1. The van der Waals surface area contributed by atoms with Crippen LogP contribution in [0.25, 0.3) is 0 Å². The number of aryl methyl sites for hydroxylation is 1. The van der Waals surface area contributed by atoms with Crippen LogP contribution < -0.4 is 10.6 Å². The number of hydrogen-bond acceptors (Lipinski definition) is 2. The van der Waals surface area contributed by atoms with E-state index in [4.69, 9.17) is 5.73 Å². The van der Waals surface area contributed by atoms with E-state index in [0.717, 1.165) is 13.1 Å². The maximum atomic E-state index is 5.73. The highest BCUT2D eigenvalue weighted by Crippen LogP contribution is 2.28. The minimum absolute atomic E-state index is 0.713. The van der Waals surface area contributed by atoms with Crippen molar-refractivity contribution in [3.63, 3.8) is 0 Å². The number of hydrogen-bond donors (Lipinski definition) is 1. The standard InChI is InChI=1S/C14H22N2/c1-12-5-4-8-14(11-12)16(10-9-15)13-6-2-3-7-13/h4-5,8,11,13H,2-3,6-7,9-10,15H2,1H3. The summed E-state index contributed by atoms with van der Waals surface area (Å²) >= 11 is 0. The highest BCUT2D eigenvalue weighted by Gasteiger charge is 2.22. The third-order valence-electron chi connectivity index (χ3n) is 3.47. The van der Waals surface area contributed by atoms with Crippen molar-refractivity contribution in [2.45, 2.75) is 38.6 Å². The van der Waals surface area contributed by atoms with Gasteiger partial charge in [0.05, 0.1) is 0 Å². The van der Waals surface area contributed by atoms with E-state index in [1.54, 1.807) is 0 Å². The Morgan fingerprint density at radius 3 is 2.69 bits per heavy atom. The summed E-state index contributed by atoms with van der Waals surface area (Å²) in [6, 6.07) is 9.49. The fourth-order valence-electron chi connectivity index (χ4n) is 2.68. The maximum Gasteiger partial charge on any atom is 0.0371 e. The van der Waals surface area contributed by atoms with Crippen molar-refractivity contribution in [3.05, 3.63) is 29.8 Å². The lowest BCUT2D eigenvalue weighted by Crippen LogP contribution is -2.37. The Balaban J connectivity index is 2.17. The van der Waals surface area contributed by atoms with Crippen molar-refractivity contribution in [1.29, 1.82) is 0 Å². The van der Waals surface area contributed by atoms with Gasteiger partial charge >= 0.3 is 0 Å². The van der Waals surface area contributed by atoms with Crippen LogP contribution in [0.3, 0.4) is 0 Å². The Morgan fingerprint density at radius 2 is 2.06 bits per heavy atom. The first-order valence-corrected chi connectivity index (χ1v) is 6.34. The molecular weight excluding hydrogens is 196 g/mol. The van der Waals surface area contributed by atoms with Crippen molar-refractivity contribution in [1.82, 2.24) is 0 Å². The Kier molecular flexibility index (Phi) is 3.83. The van der Waals surface area contributed by atoms with Crippen molar-refractivity contribution in [2.24, 2.45) is 5.73 Å². The quantitative estimate of drug-likeness (QED) is 0.842. The van der Waals surface area contributed by atoms with E-state index in [9.17, 15) is 0 Å². The first-order chi connectivity index (χ1) is 7.81. The Morgan fingerprint density at radius 1 is 1.31 bits per heavy atom. The zero-order chi connectivity index (χ0) is 11.4. The summed E-state index contributed by atoms with van der Waals surface area (Å²) in [5.74, 6) is 0. The zero-order valence-electron chi connectivity index (χ0n) is 10.2. The van der Waals surface area contributed by atoms with Gasteiger partial charge in [0.15, 0.2) is 0 Å². The van der Waals surface area contributed by atoms with Gasteiger partial charge in [0, 0.05) is 24.8 Å². The molecule has 0 spiro atoms. The number of rotatable bonds is 4. The largest absolute Gasteiger partial charge is 0.367 e. The molecule has 0 amide bonds. The van der Waals surface area contributed by atoms with Crippen LogP contribution in [-0.2, 0) is 0 Å². The molecule has 0 radical (unpaired) electrons. The smallest absolute Gasteiger partial charge is 0.0371 e. The third kappa shape index (κ3) is 2.56. The van der Waals surface area contributed by atoms with E-state index in [-0.39, 0.29) is 0 Å². The fraction of sp³-hybridized carbons (Fsp3) is 0.571. The lowest BCUT2D eigenvalue weighted by molar-refractivity contribution is 0.608. The molecule has 1 aliphatic rings. The van der Waals surface area contributed by atoms with E-state index < -0.39 is 0 Å². The summed E-state index contributed by atoms with van der Waals surface area (Å²) in [5.41, 5.74) is 8.41. The molecule has 2 heteroatoms. The highest BCUT2D eigenvalue weighted by atomic mass is 15.2. The van der Waals surface area contributed by atoms with Crippen LogP contribution >= 0.6 is 0 Å². The average molecular weight is 218 g/mol. The molecule has 1 aliphatic carbocycles. The molecule has 0 saturated heterocycles. The normalized spacial score (nSPS) is 16.6. The first-order valence-electron chi connectivity index (χ1n) is 6.34. The predicted octanol–water partition coefficient (Wildman–Crippen LogP) is 2.70. The molecule has 0 unspecified atom stereocenters. The minimum Gasteiger partial charge on any atom is -0.367 e. The van der Waals surface area contributed by atoms with Gasteiger partial charge in [-0.3, -0.25) is 0 Å². The van der Waals surface area contributed by atoms with Gasteiger partial charge in [-0.25, -0.2) is 0 Å². The Labute approximate surface area is 98.4 Å². The third-order valence-corrected chi connectivity index (χ3v) is 3.47. The molecule has 0 bridgehead atoms. The topological polar surface area (TPSA) is 29.3 Å². The van der Waals surface area contributed by atoms with Crippen LogP contribution in [0.2, 0.25) is 0 Å². The van der Waals surface area contributed by atoms with Crippen molar-refractivity contribution < 1.29 is 0 Å². The number of benzene rings is 1. The summed E-state index contributed by atoms with van der Waals surface area (Å²) in [7, 11) is 0. The van der Waals surface area contributed by atoms with Gasteiger partial charge in [0.2, 0.25) is 0 Å². The number of nitrogens with zero attached hydrogens (tertiary/aromatic N) is 1. The van der Waals surface area contributed by atoms with E-state index in [1.165, 1.54) is 36.9 Å². The zero-order valence-corrected chi connectivity index (χ0v) is 10.2. The van der Waals surface area contributed by atoms with Crippen LogP contribution in [0.1, 0.15) is 31.2 Å². The average Bonchev–Trinajstić information content (AvgIpc) is 2.79. The van der Waals surface area contributed by atoms with Gasteiger partial charge in [-0.2, -0.15) is 0 Å². The van der Waals surface area contributed by atoms with E-state index in [2.05, 4.69) is 36.1 Å². The second kappa shape index (κ2) is 5.35. The summed E-state index contributed by atoms with van der Waals surface area (Å²) in [4.78, 5) is 2.50. The van der Waals surface area contributed by atoms with E-state index in [0.29, 0.717) is 6.04 Å². The van der Waals surface area contributed by atoms with Crippen LogP contribution in [-0.4, -0.2) is 19.1 Å². The van der Waals surface area contributed by atoms with Crippen molar-refractivity contribution in [3.8, 4) is 0 Å². The van der Waals surface area contributed by atoms with Crippen LogP contribution in [0.5, 0.6) is 0 Å². The molecule has 88 valence electrons. The second-order valence-corrected chi connectivity index (χ2v) is 4.76. The highest BCUT2D eigenvalue weighted by molar-refractivity contribution is 5.49. The molecule has 0 aromatic heterocycles. The minimum atomic E-state index is 0.713. The van der Waals surface area contributed by atoms with Crippen LogP contribution in [0.4, 0.5) is 5.69 Å². The number of anilines is 1. The Hall–Kier alpha value is -1.02. The Bertz CT molecular complexity index is 329. The molecule has 2 N–H and O–H groups in total. The molecular formula is C14H22N2. The molecule has 0 atom stereocenters. The molecule has 1 fully saturated rings. The van der Waals surface area contributed by atoms with Crippen LogP contribution in [0.15, 0.2) is 24.3 Å². The van der Waals surface area contributed by atoms with Crippen LogP contribution in [0, 0.1) is 6.92 Å². The summed E-state index contributed by atoms with van der Waals surface area (Å²) in [6.07, 6.45) is 5.40. The monoisotopic (exact) mass is 218 g/mol. The first kappa shape index (κ1) is 11.5. The SMILES string of the molecule is Cc1cccc(N(CCN)C2CCCC2)c1. The maximum absolute atomic E-state index is 5.73. The molecule has 1 aromatic carbocycles. The summed E-state index contributed by atoms with van der Waals surface area (Å²) in [5, 5.41) is 0. The molecule has 16 heavy (non-hydrogen) atoms. The van der Waals surface area contributed by atoms with Gasteiger partial charge in [-0.1, -0.05) is 25.0 Å². The van der Waals surface area contributed by atoms with Gasteiger partial charge < -0.3 is 10.6 Å². The summed E-state index contributed by atoms with van der Waals surface area (Å²) in [6.45, 7) is 3.87. The molecule has 0 heterocycles. The fourth-order valence-corrected chi connectivity index (χ4v) is 2.68. The van der Waals surface area contributed by atoms with Gasteiger partial charge in [0.25, 0.3) is 0 Å². The lowest BCUT2D eigenvalue weighted by Gasteiger charge is -2.31. The predicted molar refractivity (Wildman–Crippen MR) is 69.8 cm³/mol. The summed E-state index contributed by atoms with van der Waals surface area (Å²) < 4.78 is 0. The van der Waals surface area contributed by atoms with Crippen molar-refractivity contribution >= 4 is 5.69 Å². The molecule has 0 aliphatic heterocycles. The number of nitrogens with two attached hydrogens (primary N) is 1. The molecule has 1 saturated carbocycles. The molecule has 1 aromatic rings. The molecule has 2 nitrogen and oxygen atoms in total.